The van der Waals surface area contributed by atoms with E-state index in [0.29, 0.717) is 11.8 Å². The van der Waals surface area contributed by atoms with E-state index in [1.165, 1.54) is 6.07 Å². The number of halogens is 1. The number of nitrogens with two attached hydrogens (primary N) is 1. The van der Waals surface area contributed by atoms with Gasteiger partial charge in [-0.1, -0.05) is 13.0 Å². The third-order valence-corrected chi connectivity index (χ3v) is 2.40. The predicted octanol–water partition coefficient (Wildman–Crippen LogP) is 2.59. The van der Waals surface area contributed by atoms with Crippen LogP contribution in [0.2, 0.25) is 0 Å². The van der Waals surface area contributed by atoms with Crippen molar-refractivity contribution in [3.63, 3.8) is 0 Å². The average molecular weight is 204 g/mol. The van der Waals surface area contributed by atoms with Crippen LogP contribution in [0.4, 0.5) is 10.3 Å². The Kier molecular flexibility index (Phi) is 2.09. The first-order valence-corrected chi connectivity index (χ1v) is 4.58. The number of fused-ring (bicyclic) bond motifs is 1. The van der Waals surface area contributed by atoms with Gasteiger partial charge in [-0.05, 0) is 18.1 Å². The molecule has 0 unspecified atom stereocenters. The lowest BCUT2D eigenvalue weighted by atomic mass is 10.0. The Hall–Kier alpha value is -2.02. The number of nitriles is 1. The van der Waals surface area contributed by atoms with E-state index in [0.717, 1.165) is 5.56 Å². The molecule has 0 fully saturated rings. The highest BCUT2D eigenvalue weighted by molar-refractivity contribution is 5.91. The smallest absolute Gasteiger partial charge is 0.209 e. The lowest BCUT2D eigenvalue weighted by Gasteiger charge is -1.98. The second-order valence-electron chi connectivity index (χ2n) is 3.22. The van der Waals surface area contributed by atoms with Crippen LogP contribution >= 0.6 is 0 Å². The van der Waals surface area contributed by atoms with Crippen LogP contribution < -0.4 is 5.73 Å². The molecule has 0 saturated heterocycles. The second kappa shape index (κ2) is 3.28. The molecule has 2 N–H and O–H groups in total. The largest absolute Gasteiger partial charge is 0.436 e. The van der Waals surface area contributed by atoms with Crippen LogP contribution in [-0.4, -0.2) is 0 Å². The molecule has 1 aromatic heterocycles. The number of rotatable bonds is 1. The molecule has 0 aliphatic carbocycles. The second-order valence-corrected chi connectivity index (χ2v) is 3.22. The maximum atomic E-state index is 13.4. The molecule has 2 rings (SSSR count). The van der Waals surface area contributed by atoms with Crippen molar-refractivity contribution in [1.82, 2.24) is 0 Å². The van der Waals surface area contributed by atoms with E-state index in [-0.39, 0.29) is 17.0 Å². The standard InChI is InChI=1S/C11H9FN2O/c1-2-6-3-4-8(12)10-9(6)7(5-13)11(14)15-10/h3-4H,2,14H2,1H3. The van der Waals surface area contributed by atoms with Gasteiger partial charge in [-0.2, -0.15) is 5.26 Å². The van der Waals surface area contributed by atoms with Gasteiger partial charge in [-0.15, -0.1) is 0 Å². The topological polar surface area (TPSA) is 62.9 Å². The quantitative estimate of drug-likeness (QED) is 0.776. The van der Waals surface area contributed by atoms with Crippen LogP contribution in [0.3, 0.4) is 0 Å². The minimum Gasteiger partial charge on any atom is -0.436 e. The molecule has 1 heterocycles. The molecule has 1 aromatic carbocycles. The highest BCUT2D eigenvalue weighted by Gasteiger charge is 2.17. The Morgan fingerprint density at radius 3 is 2.87 bits per heavy atom. The summed E-state index contributed by atoms with van der Waals surface area (Å²) in [6.07, 6.45) is 0.699. The molecule has 2 aromatic rings. The van der Waals surface area contributed by atoms with Crippen LogP contribution in [0.5, 0.6) is 0 Å². The lowest BCUT2D eigenvalue weighted by molar-refractivity contribution is 0.571. The summed E-state index contributed by atoms with van der Waals surface area (Å²) in [5.74, 6) is -0.511. The fourth-order valence-electron chi connectivity index (χ4n) is 1.66. The minimum atomic E-state index is -0.490. The van der Waals surface area contributed by atoms with Gasteiger partial charge in [-0.3, -0.25) is 0 Å². The van der Waals surface area contributed by atoms with Gasteiger partial charge in [0.05, 0.1) is 0 Å². The average Bonchev–Trinajstić information content (AvgIpc) is 2.56. The summed E-state index contributed by atoms with van der Waals surface area (Å²) in [6.45, 7) is 1.93. The molecule has 76 valence electrons. The van der Waals surface area contributed by atoms with Gasteiger partial charge in [0, 0.05) is 5.39 Å². The predicted molar refractivity (Wildman–Crippen MR) is 54.7 cm³/mol. The highest BCUT2D eigenvalue weighted by atomic mass is 19.1. The van der Waals surface area contributed by atoms with Crippen molar-refractivity contribution in [2.24, 2.45) is 0 Å². The van der Waals surface area contributed by atoms with Crippen molar-refractivity contribution in [1.29, 1.82) is 5.26 Å². The molecule has 3 nitrogen and oxygen atoms in total. The fourth-order valence-corrected chi connectivity index (χ4v) is 1.66. The van der Waals surface area contributed by atoms with Crippen LogP contribution in [0.1, 0.15) is 18.1 Å². The zero-order valence-electron chi connectivity index (χ0n) is 8.17. The molecule has 0 spiro atoms. The van der Waals surface area contributed by atoms with E-state index in [2.05, 4.69) is 0 Å². The van der Waals surface area contributed by atoms with Crippen LogP contribution in [0.15, 0.2) is 16.5 Å². The molecule has 15 heavy (non-hydrogen) atoms. The lowest BCUT2D eigenvalue weighted by Crippen LogP contribution is -1.87. The Labute approximate surface area is 85.9 Å². The van der Waals surface area contributed by atoms with Crippen LogP contribution in [0, 0.1) is 17.1 Å². The number of hydrogen-bond acceptors (Lipinski definition) is 3. The summed E-state index contributed by atoms with van der Waals surface area (Å²) in [5.41, 5.74) is 6.66. The van der Waals surface area contributed by atoms with Crippen molar-refractivity contribution >= 4 is 16.9 Å². The zero-order valence-corrected chi connectivity index (χ0v) is 8.17. The third-order valence-electron chi connectivity index (χ3n) is 2.40. The molecule has 0 aliphatic rings. The summed E-state index contributed by atoms with van der Waals surface area (Å²) in [7, 11) is 0. The van der Waals surface area contributed by atoms with Crippen LogP contribution in [0.25, 0.3) is 11.0 Å². The maximum absolute atomic E-state index is 13.4. The van der Waals surface area contributed by atoms with Gasteiger partial charge in [0.2, 0.25) is 5.88 Å². The number of hydrogen-bond donors (Lipinski definition) is 1. The Balaban J connectivity index is 2.97. The van der Waals surface area contributed by atoms with E-state index in [1.54, 1.807) is 6.07 Å². The first-order chi connectivity index (χ1) is 7.19. The highest BCUT2D eigenvalue weighted by Crippen LogP contribution is 2.32. The van der Waals surface area contributed by atoms with E-state index in [4.69, 9.17) is 15.4 Å². The number of nitrogen functional groups attached to an aromatic ring is 1. The van der Waals surface area contributed by atoms with Crippen molar-refractivity contribution in [2.45, 2.75) is 13.3 Å². The van der Waals surface area contributed by atoms with Gasteiger partial charge < -0.3 is 10.2 Å². The minimum absolute atomic E-state index is 0.0210. The zero-order chi connectivity index (χ0) is 11.0. The number of furan rings is 1. The summed E-state index contributed by atoms with van der Waals surface area (Å²) in [4.78, 5) is 0. The summed E-state index contributed by atoms with van der Waals surface area (Å²) in [6, 6.07) is 4.91. The third kappa shape index (κ3) is 1.24. The van der Waals surface area contributed by atoms with Crippen molar-refractivity contribution in [2.75, 3.05) is 5.73 Å². The van der Waals surface area contributed by atoms with E-state index < -0.39 is 5.82 Å². The Morgan fingerprint density at radius 2 is 2.27 bits per heavy atom. The fraction of sp³-hybridized carbons (Fsp3) is 0.182. The normalized spacial score (nSPS) is 10.5. The summed E-state index contributed by atoms with van der Waals surface area (Å²) < 4.78 is 18.4. The number of benzene rings is 1. The number of aryl methyl sites for hydroxylation is 1. The number of nitrogens with zero attached hydrogens (tertiary/aromatic N) is 1. The van der Waals surface area contributed by atoms with Crippen molar-refractivity contribution in [3.05, 3.63) is 29.1 Å². The van der Waals surface area contributed by atoms with Crippen LogP contribution in [-0.2, 0) is 6.42 Å². The molecular weight excluding hydrogens is 195 g/mol. The van der Waals surface area contributed by atoms with Crippen molar-refractivity contribution < 1.29 is 8.81 Å². The van der Waals surface area contributed by atoms with Gasteiger partial charge in [0.1, 0.15) is 11.6 Å². The van der Waals surface area contributed by atoms with E-state index in [9.17, 15) is 4.39 Å². The SMILES string of the molecule is CCc1ccc(F)c2oc(N)c(C#N)c12. The van der Waals surface area contributed by atoms with E-state index in [1.807, 2.05) is 13.0 Å². The molecule has 4 heteroatoms. The van der Waals surface area contributed by atoms with Crippen molar-refractivity contribution in [3.8, 4) is 6.07 Å². The molecule has 0 bridgehead atoms. The Morgan fingerprint density at radius 1 is 1.53 bits per heavy atom. The Bertz CT molecular complexity index is 566. The first-order valence-electron chi connectivity index (χ1n) is 4.58. The monoisotopic (exact) mass is 204 g/mol. The molecule has 0 amide bonds. The molecule has 0 aliphatic heterocycles. The van der Waals surface area contributed by atoms with Gasteiger partial charge in [0.15, 0.2) is 11.4 Å². The maximum Gasteiger partial charge on any atom is 0.209 e. The summed E-state index contributed by atoms with van der Waals surface area (Å²) >= 11 is 0. The first kappa shape index (κ1) is 9.53. The van der Waals surface area contributed by atoms with Gasteiger partial charge in [-0.25, -0.2) is 4.39 Å². The molecule has 0 atom stereocenters. The van der Waals surface area contributed by atoms with Gasteiger partial charge in [0.25, 0.3) is 0 Å². The number of anilines is 1. The van der Waals surface area contributed by atoms with E-state index >= 15 is 0 Å². The summed E-state index contributed by atoms with van der Waals surface area (Å²) in [5, 5.41) is 9.40. The molecular formula is C11H9FN2O. The molecule has 0 radical (unpaired) electrons. The van der Waals surface area contributed by atoms with Gasteiger partial charge >= 0.3 is 0 Å². The molecule has 0 saturated carbocycles.